The van der Waals surface area contributed by atoms with E-state index in [0.717, 1.165) is 74.1 Å². The molecule has 0 aliphatic rings. The van der Waals surface area contributed by atoms with Crippen molar-refractivity contribution in [1.29, 1.82) is 0 Å². The van der Waals surface area contributed by atoms with E-state index in [4.69, 9.17) is 19.7 Å². The third-order valence-corrected chi connectivity index (χ3v) is 4.72. The Morgan fingerprint density at radius 3 is 1.57 bits per heavy atom. The van der Waals surface area contributed by atoms with E-state index in [1.807, 2.05) is 54.7 Å². The average molecular weight is 414 g/mol. The first-order valence-corrected chi connectivity index (χ1v) is 11.0. The molecular formula is C25H35NO4. The van der Waals surface area contributed by atoms with Crippen LogP contribution >= 0.6 is 0 Å². The van der Waals surface area contributed by atoms with Crippen molar-refractivity contribution in [2.45, 2.75) is 51.4 Å². The van der Waals surface area contributed by atoms with Crippen molar-refractivity contribution < 1.29 is 19.7 Å². The van der Waals surface area contributed by atoms with Crippen LogP contribution in [0.1, 0.15) is 56.9 Å². The Hall–Kier alpha value is -2.37. The monoisotopic (exact) mass is 413 g/mol. The molecule has 0 aromatic heterocycles. The Labute approximate surface area is 180 Å². The van der Waals surface area contributed by atoms with Gasteiger partial charge in [-0.15, -0.1) is 0 Å². The number of aliphatic imine (C=N–C) groups is 1. The molecule has 0 radical (unpaired) electrons. The molecule has 0 aliphatic heterocycles. The molecular weight excluding hydrogens is 378 g/mol. The summed E-state index contributed by atoms with van der Waals surface area (Å²) >= 11 is 0. The fraction of sp³-hybridized carbons (Fsp3) is 0.480. The zero-order valence-corrected chi connectivity index (χ0v) is 17.8. The molecule has 5 heteroatoms. The van der Waals surface area contributed by atoms with Crippen LogP contribution in [-0.4, -0.2) is 42.9 Å². The third kappa shape index (κ3) is 10.4. The molecule has 0 bridgehead atoms. The standard InChI is InChI=1S/C25H35NO4/c27-17-5-1-3-7-19-29-24-13-9-22(10-14-24)21-26-23-11-15-25(16-12-23)30-20-8-4-2-6-18-28/h9-16,21,27-28H,1-8,17-20H2. The maximum Gasteiger partial charge on any atom is 0.119 e. The van der Waals surface area contributed by atoms with E-state index < -0.39 is 0 Å². The minimum absolute atomic E-state index is 0.271. The summed E-state index contributed by atoms with van der Waals surface area (Å²) in [5, 5.41) is 17.5. The lowest BCUT2D eigenvalue weighted by Gasteiger charge is -2.06. The van der Waals surface area contributed by atoms with Crippen LogP contribution < -0.4 is 9.47 Å². The number of ether oxygens (including phenoxy) is 2. The summed E-state index contributed by atoms with van der Waals surface area (Å²) in [5.74, 6) is 1.72. The lowest BCUT2D eigenvalue weighted by molar-refractivity contribution is 0.273. The van der Waals surface area contributed by atoms with Gasteiger partial charge in [0.1, 0.15) is 11.5 Å². The summed E-state index contributed by atoms with van der Waals surface area (Å²) in [6, 6.07) is 15.7. The summed E-state index contributed by atoms with van der Waals surface area (Å²) in [5.41, 5.74) is 1.90. The van der Waals surface area contributed by atoms with Gasteiger partial charge in [0.2, 0.25) is 0 Å². The van der Waals surface area contributed by atoms with Crippen LogP contribution in [0.15, 0.2) is 53.5 Å². The van der Waals surface area contributed by atoms with Crippen molar-refractivity contribution in [3.63, 3.8) is 0 Å². The van der Waals surface area contributed by atoms with Gasteiger partial charge in [0.15, 0.2) is 0 Å². The maximum absolute atomic E-state index is 8.76. The predicted octanol–water partition coefficient (Wildman–Crippen LogP) is 5.30. The summed E-state index contributed by atoms with van der Waals surface area (Å²) in [7, 11) is 0. The molecule has 0 saturated carbocycles. The van der Waals surface area contributed by atoms with Crippen LogP contribution in [0.2, 0.25) is 0 Å². The second-order valence-electron chi connectivity index (χ2n) is 7.29. The maximum atomic E-state index is 8.76. The number of hydrogen-bond acceptors (Lipinski definition) is 5. The van der Waals surface area contributed by atoms with E-state index in [1.165, 1.54) is 0 Å². The first-order valence-electron chi connectivity index (χ1n) is 11.0. The normalized spacial score (nSPS) is 11.1. The van der Waals surface area contributed by atoms with E-state index in [2.05, 4.69) is 4.99 Å². The smallest absolute Gasteiger partial charge is 0.119 e. The second-order valence-corrected chi connectivity index (χ2v) is 7.29. The molecule has 0 spiro atoms. The van der Waals surface area contributed by atoms with Gasteiger partial charge < -0.3 is 19.7 Å². The lowest BCUT2D eigenvalue weighted by atomic mass is 10.2. The van der Waals surface area contributed by atoms with Gasteiger partial charge in [0.05, 0.1) is 18.9 Å². The highest BCUT2D eigenvalue weighted by atomic mass is 16.5. The van der Waals surface area contributed by atoms with Crippen molar-refractivity contribution in [2.75, 3.05) is 26.4 Å². The Balaban J connectivity index is 1.68. The van der Waals surface area contributed by atoms with Crippen LogP contribution in [0.5, 0.6) is 11.5 Å². The lowest BCUT2D eigenvalue weighted by Crippen LogP contribution is -1.97. The number of aliphatic hydroxyl groups excluding tert-OH is 2. The number of nitrogens with zero attached hydrogens (tertiary/aromatic N) is 1. The third-order valence-electron chi connectivity index (χ3n) is 4.72. The van der Waals surface area contributed by atoms with Crippen LogP contribution in [0.4, 0.5) is 5.69 Å². The predicted molar refractivity (Wildman–Crippen MR) is 122 cm³/mol. The van der Waals surface area contributed by atoms with E-state index >= 15 is 0 Å². The van der Waals surface area contributed by atoms with Gasteiger partial charge in [0.25, 0.3) is 0 Å². The van der Waals surface area contributed by atoms with E-state index in [1.54, 1.807) is 0 Å². The summed E-state index contributed by atoms with van der Waals surface area (Å²) in [6.45, 7) is 1.95. The Morgan fingerprint density at radius 2 is 1.07 bits per heavy atom. The molecule has 0 heterocycles. The zero-order valence-electron chi connectivity index (χ0n) is 17.8. The summed E-state index contributed by atoms with van der Waals surface area (Å²) in [4.78, 5) is 4.52. The van der Waals surface area contributed by atoms with Gasteiger partial charge in [-0.25, -0.2) is 0 Å². The zero-order chi connectivity index (χ0) is 21.3. The minimum atomic E-state index is 0.271. The molecule has 0 saturated heterocycles. The number of unbranched alkanes of at least 4 members (excludes halogenated alkanes) is 6. The Kier molecular flexibility index (Phi) is 12.3. The van der Waals surface area contributed by atoms with E-state index in [-0.39, 0.29) is 13.2 Å². The first-order chi connectivity index (χ1) is 14.8. The second kappa shape index (κ2) is 15.5. The molecule has 0 amide bonds. The Bertz CT molecular complexity index is 637. The molecule has 2 N–H and O–H groups in total. The van der Waals surface area contributed by atoms with Crippen LogP contribution in [-0.2, 0) is 0 Å². The fourth-order valence-electron chi connectivity index (χ4n) is 2.94. The molecule has 2 rings (SSSR count). The number of aliphatic hydroxyl groups is 2. The molecule has 0 atom stereocenters. The molecule has 0 fully saturated rings. The van der Waals surface area contributed by atoms with Gasteiger partial charge in [-0.3, -0.25) is 4.99 Å². The minimum Gasteiger partial charge on any atom is -0.494 e. The van der Waals surface area contributed by atoms with Gasteiger partial charge in [-0.1, -0.05) is 12.8 Å². The number of hydrogen-bond donors (Lipinski definition) is 2. The fourth-order valence-corrected chi connectivity index (χ4v) is 2.94. The summed E-state index contributed by atoms with van der Waals surface area (Å²) < 4.78 is 11.5. The SMILES string of the molecule is OCCCCCCOc1ccc(C=Nc2ccc(OCCCCCCO)cc2)cc1. The van der Waals surface area contributed by atoms with Crippen molar-refractivity contribution in [3.8, 4) is 11.5 Å². The summed E-state index contributed by atoms with van der Waals surface area (Å²) in [6.07, 6.45) is 9.85. The van der Waals surface area contributed by atoms with Gasteiger partial charge >= 0.3 is 0 Å². The van der Waals surface area contributed by atoms with Gasteiger partial charge in [-0.05, 0) is 92.6 Å². The van der Waals surface area contributed by atoms with Crippen molar-refractivity contribution in [3.05, 3.63) is 54.1 Å². The highest BCUT2D eigenvalue weighted by molar-refractivity contribution is 5.82. The molecule has 2 aromatic carbocycles. The van der Waals surface area contributed by atoms with Crippen LogP contribution in [0, 0.1) is 0 Å². The molecule has 30 heavy (non-hydrogen) atoms. The highest BCUT2D eigenvalue weighted by Gasteiger charge is 1.97. The number of benzene rings is 2. The van der Waals surface area contributed by atoms with E-state index in [0.29, 0.717) is 13.2 Å². The van der Waals surface area contributed by atoms with Crippen LogP contribution in [0.3, 0.4) is 0 Å². The molecule has 0 unspecified atom stereocenters. The molecule has 164 valence electrons. The van der Waals surface area contributed by atoms with Crippen LogP contribution in [0.25, 0.3) is 0 Å². The van der Waals surface area contributed by atoms with Crippen molar-refractivity contribution >= 4 is 11.9 Å². The largest absolute Gasteiger partial charge is 0.494 e. The molecule has 5 nitrogen and oxygen atoms in total. The average Bonchev–Trinajstić information content (AvgIpc) is 2.79. The quantitative estimate of drug-likeness (QED) is 0.289. The molecule has 0 aliphatic carbocycles. The Morgan fingerprint density at radius 1 is 0.600 bits per heavy atom. The number of rotatable bonds is 16. The van der Waals surface area contributed by atoms with Gasteiger partial charge in [0, 0.05) is 19.4 Å². The highest BCUT2D eigenvalue weighted by Crippen LogP contribution is 2.19. The van der Waals surface area contributed by atoms with Gasteiger partial charge in [-0.2, -0.15) is 0 Å². The topological polar surface area (TPSA) is 71.3 Å². The van der Waals surface area contributed by atoms with Crippen molar-refractivity contribution in [2.24, 2.45) is 4.99 Å². The molecule has 2 aromatic rings. The van der Waals surface area contributed by atoms with E-state index in [9.17, 15) is 0 Å². The van der Waals surface area contributed by atoms with Crippen molar-refractivity contribution in [1.82, 2.24) is 0 Å². The first kappa shape index (κ1) is 23.9.